The van der Waals surface area contributed by atoms with Gasteiger partial charge in [0.2, 0.25) is 12.2 Å². The van der Waals surface area contributed by atoms with Crippen molar-refractivity contribution >= 4 is 54.5 Å². The maximum Gasteiger partial charge on any atom is 0.241 e. The van der Waals surface area contributed by atoms with E-state index >= 15 is 0 Å². The van der Waals surface area contributed by atoms with E-state index in [0.717, 1.165) is 6.67 Å². The summed E-state index contributed by atoms with van der Waals surface area (Å²) in [5.74, 6) is 1.61. The average Bonchev–Trinajstić information content (AvgIpc) is 3.63. The van der Waals surface area contributed by atoms with E-state index < -0.39 is 0 Å². The Kier molecular flexibility index (Phi) is 7.65. The Balaban J connectivity index is 1.44. The first-order chi connectivity index (χ1) is 26.6. The zero-order valence-electron chi connectivity index (χ0n) is 33.4. The van der Waals surface area contributed by atoms with Gasteiger partial charge in [0, 0.05) is 27.9 Å². The van der Waals surface area contributed by atoms with Gasteiger partial charge in [0.1, 0.15) is 5.52 Å². The number of hydrogen-bond donors (Lipinski definition) is 0. The fourth-order valence-corrected chi connectivity index (χ4v) is 10.0. The van der Waals surface area contributed by atoms with Crippen LogP contribution in [0.4, 0.5) is 0 Å². The second-order valence-corrected chi connectivity index (χ2v) is 17.1. The highest BCUT2D eigenvalue weighted by atomic mass is 15.2. The number of nitrogens with zero attached hydrogens (tertiary/aromatic N) is 3. The van der Waals surface area contributed by atoms with Crippen LogP contribution in [-0.2, 0) is 6.67 Å². The molecule has 0 radical (unpaired) electrons. The number of benzene rings is 6. The Morgan fingerprint density at radius 1 is 0.491 bits per heavy atom. The van der Waals surface area contributed by atoms with Crippen molar-refractivity contribution in [3.05, 3.63) is 144 Å². The number of aromatic nitrogens is 3. The quantitative estimate of drug-likeness (QED) is 0.146. The van der Waals surface area contributed by atoms with E-state index in [1.807, 2.05) is 0 Å². The number of rotatable bonds is 7. The molecule has 55 heavy (non-hydrogen) atoms. The molecule has 272 valence electrons. The Morgan fingerprint density at radius 3 is 1.75 bits per heavy atom. The SMILES string of the molecule is CC(C)c1cccc(C(C)C)c1-c1ccc2c(c1)c1cc(-c3c(C(C)C)cccc3C(C)C)c3ccc4c5c3c1n2C[n+]1cccc(c51)n4-c1ccccc1. The highest BCUT2D eigenvalue weighted by molar-refractivity contribution is 6.32. The zero-order chi connectivity index (χ0) is 37.9. The standard InChI is InChI=1S/C52H50N3/c1-30(2)36-17-12-18-37(31(3)4)47(36)34-22-24-44-41(27-34)43-28-42(48-38(32(5)6)19-13-20-39(48)33(7)8)40-23-25-45-50-49(40)51(43)54(44)29-53-26-14-21-46(52(50)53)55(45)35-15-10-9-11-16-35/h9-28,30-33H,29H2,1-8H3/q+1. The summed E-state index contributed by atoms with van der Waals surface area (Å²) in [5, 5.41) is 6.69. The minimum atomic E-state index is 0.385. The van der Waals surface area contributed by atoms with E-state index in [0.29, 0.717) is 23.7 Å². The molecule has 3 heteroatoms. The van der Waals surface area contributed by atoms with Crippen LogP contribution in [0.15, 0.2) is 121 Å². The third kappa shape index (κ3) is 4.84. The molecular weight excluding hydrogens is 667 g/mol. The molecule has 0 saturated heterocycles. The van der Waals surface area contributed by atoms with Crippen molar-refractivity contribution in [2.24, 2.45) is 0 Å². The lowest BCUT2D eigenvalue weighted by Gasteiger charge is -2.22. The highest BCUT2D eigenvalue weighted by Crippen LogP contribution is 2.49. The lowest BCUT2D eigenvalue weighted by atomic mass is 9.82. The van der Waals surface area contributed by atoms with Crippen LogP contribution in [0.2, 0.25) is 0 Å². The predicted molar refractivity (Wildman–Crippen MR) is 234 cm³/mol. The van der Waals surface area contributed by atoms with Crippen LogP contribution in [0.1, 0.15) is 101 Å². The number of fused-ring (bicyclic) bond motifs is 3. The van der Waals surface area contributed by atoms with Gasteiger partial charge in [0.25, 0.3) is 0 Å². The number of pyridine rings is 1. The molecule has 6 aromatic carbocycles. The second-order valence-electron chi connectivity index (χ2n) is 17.1. The largest absolute Gasteiger partial charge is 0.304 e. The highest BCUT2D eigenvalue weighted by Gasteiger charge is 2.31. The van der Waals surface area contributed by atoms with E-state index in [4.69, 9.17) is 0 Å². The van der Waals surface area contributed by atoms with Crippen LogP contribution in [0.25, 0.3) is 82.5 Å². The van der Waals surface area contributed by atoms with E-state index in [1.54, 1.807) is 0 Å². The van der Waals surface area contributed by atoms with Crippen LogP contribution >= 0.6 is 0 Å². The summed E-state index contributed by atoms with van der Waals surface area (Å²) in [6, 6.07) is 44.1. The molecule has 0 unspecified atom stereocenters. The Labute approximate surface area is 324 Å². The molecule has 0 fully saturated rings. The molecule has 1 aliphatic rings. The van der Waals surface area contributed by atoms with Gasteiger partial charge in [-0.2, -0.15) is 4.57 Å². The molecule has 0 atom stereocenters. The van der Waals surface area contributed by atoms with Gasteiger partial charge >= 0.3 is 0 Å². The molecule has 10 rings (SSSR count). The molecule has 1 aliphatic heterocycles. The molecule has 0 aliphatic carbocycles. The molecule has 3 aromatic heterocycles. The maximum atomic E-state index is 2.61. The normalized spacial score (nSPS) is 12.9. The van der Waals surface area contributed by atoms with Gasteiger partial charge in [-0.05, 0) is 116 Å². The summed E-state index contributed by atoms with van der Waals surface area (Å²) in [4.78, 5) is 0. The number of hydrogen-bond acceptors (Lipinski definition) is 0. The van der Waals surface area contributed by atoms with Crippen LogP contribution in [0.3, 0.4) is 0 Å². The molecule has 0 amide bonds. The molecule has 4 heterocycles. The van der Waals surface area contributed by atoms with E-state index in [2.05, 4.69) is 191 Å². The van der Waals surface area contributed by atoms with Crippen LogP contribution < -0.4 is 4.57 Å². The Hall–Kier alpha value is -5.67. The number of para-hydroxylation sites is 1. The van der Waals surface area contributed by atoms with Gasteiger partial charge in [0.05, 0.1) is 21.9 Å². The van der Waals surface area contributed by atoms with Crippen LogP contribution in [0, 0.1) is 0 Å². The molecule has 0 N–H and O–H groups in total. The monoisotopic (exact) mass is 716 g/mol. The third-order valence-corrected chi connectivity index (χ3v) is 12.5. The van der Waals surface area contributed by atoms with Crippen molar-refractivity contribution in [3.8, 4) is 27.9 Å². The summed E-state index contributed by atoms with van der Waals surface area (Å²) in [5.41, 5.74) is 18.7. The van der Waals surface area contributed by atoms with E-state index in [-0.39, 0.29) is 0 Å². The average molecular weight is 717 g/mol. The van der Waals surface area contributed by atoms with Gasteiger partial charge in [-0.1, -0.05) is 122 Å². The van der Waals surface area contributed by atoms with Gasteiger partial charge < -0.3 is 4.57 Å². The minimum absolute atomic E-state index is 0.385. The zero-order valence-corrected chi connectivity index (χ0v) is 33.4. The fraction of sp³-hybridized carbons (Fsp3) is 0.250. The fourth-order valence-electron chi connectivity index (χ4n) is 10.0. The Bertz CT molecular complexity index is 2950. The maximum absolute atomic E-state index is 2.61. The van der Waals surface area contributed by atoms with E-state index in [1.165, 1.54) is 105 Å². The Morgan fingerprint density at radius 2 is 1.11 bits per heavy atom. The van der Waals surface area contributed by atoms with Gasteiger partial charge in [-0.25, -0.2) is 0 Å². The van der Waals surface area contributed by atoms with E-state index in [9.17, 15) is 0 Å². The van der Waals surface area contributed by atoms with Crippen molar-refractivity contribution in [2.45, 2.75) is 85.7 Å². The summed E-state index contributed by atoms with van der Waals surface area (Å²) in [6.07, 6.45) is 2.29. The summed E-state index contributed by atoms with van der Waals surface area (Å²) >= 11 is 0. The lowest BCUT2D eigenvalue weighted by Crippen LogP contribution is -2.37. The predicted octanol–water partition coefficient (Wildman–Crippen LogP) is 14.0. The molecular formula is C52H50N3+. The van der Waals surface area contributed by atoms with Gasteiger partial charge in [-0.3, -0.25) is 4.57 Å². The van der Waals surface area contributed by atoms with Crippen LogP contribution in [0.5, 0.6) is 0 Å². The van der Waals surface area contributed by atoms with Gasteiger partial charge in [-0.15, -0.1) is 0 Å². The van der Waals surface area contributed by atoms with Crippen molar-refractivity contribution in [2.75, 3.05) is 0 Å². The first-order valence-corrected chi connectivity index (χ1v) is 20.3. The van der Waals surface area contributed by atoms with Crippen molar-refractivity contribution in [1.29, 1.82) is 0 Å². The molecule has 9 aromatic rings. The summed E-state index contributed by atoms with van der Waals surface area (Å²) < 4.78 is 7.59. The van der Waals surface area contributed by atoms with Crippen molar-refractivity contribution in [3.63, 3.8) is 0 Å². The lowest BCUT2D eigenvalue weighted by molar-refractivity contribution is -0.674. The summed E-state index contributed by atoms with van der Waals surface area (Å²) in [7, 11) is 0. The smallest absolute Gasteiger partial charge is 0.241 e. The minimum Gasteiger partial charge on any atom is -0.304 e. The van der Waals surface area contributed by atoms with Crippen molar-refractivity contribution < 1.29 is 4.57 Å². The molecule has 0 saturated carbocycles. The molecule has 0 spiro atoms. The first kappa shape index (κ1) is 33.9. The third-order valence-electron chi connectivity index (χ3n) is 12.5. The van der Waals surface area contributed by atoms with Crippen LogP contribution in [-0.4, -0.2) is 9.13 Å². The molecule has 3 nitrogen and oxygen atoms in total. The first-order valence-electron chi connectivity index (χ1n) is 20.3. The molecule has 0 bridgehead atoms. The topological polar surface area (TPSA) is 13.7 Å². The second kappa shape index (κ2) is 12.4. The summed E-state index contributed by atoms with van der Waals surface area (Å²) in [6.45, 7) is 19.5. The van der Waals surface area contributed by atoms with Crippen molar-refractivity contribution in [1.82, 2.24) is 9.13 Å². The van der Waals surface area contributed by atoms with Gasteiger partial charge in [0.15, 0.2) is 6.20 Å².